The monoisotopic (exact) mass is 573 g/mol. The molecule has 0 heterocycles. The van der Waals surface area contributed by atoms with Gasteiger partial charge in [-0.3, -0.25) is 9.36 Å². The molecular weight excluding hydrogens is 517 g/mol. The fourth-order valence-corrected chi connectivity index (χ4v) is 4.11. The molecule has 0 bridgehead atoms. The van der Waals surface area contributed by atoms with Crippen LogP contribution in [0, 0.1) is 0 Å². The van der Waals surface area contributed by atoms with E-state index in [0.717, 1.165) is 70.6 Å². The van der Waals surface area contributed by atoms with Gasteiger partial charge in [0.05, 0.1) is 34.4 Å². The normalized spacial score (nSPS) is 14.9. The molecule has 0 amide bonds. The summed E-state index contributed by atoms with van der Waals surface area (Å²) in [5.41, 5.74) is 0. The SMILES string of the molecule is CC/C=C\C/C=C\C/C=C\CCCCCCOCC(COP(=O)([O-])OCC[N+](C)(C)C)OC(=O)CCCCC. The standard InChI is InChI=1S/C30H56NO7P/c1-6-8-10-11-12-13-14-15-16-17-18-19-20-22-25-35-27-29(38-30(32)23-21-9-7-2)28-37-39(33,34)36-26-24-31(3,4)5/h8,10,12-13,15-16,29H,6-7,9,11,14,17-28H2,1-5H3/b10-8-,13-12-,16-15-. The molecule has 0 rings (SSSR count). The van der Waals surface area contributed by atoms with Crippen molar-refractivity contribution in [3.8, 4) is 0 Å². The Labute approximate surface area is 238 Å². The third-order valence-corrected chi connectivity index (χ3v) is 6.67. The van der Waals surface area contributed by atoms with Crippen molar-refractivity contribution in [1.29, 1.82) is 0 Å². The minimum atomic E-state index is -4.50. The van der Waals surface area contributed by atoms with Gasteiger partial charge in [0.15, 0.2) is 0 Å². The van der Waals surface area contributed by atoms with Gasteiger partial charge in [-0.05, 0) is 44.9 Å². The predicted octanol–water partition coefficient (Wildman–Crippen LogP) is 6.51. The lowest BCUT2D eigenvalue weighted by Crippen LogP contribution is -2.37. The van der Waals surface area contributed by atoms with E-state index in [4.69, 9.17) is 18.5 Å². The molecule has 2 unspecified atom stereocenters. The van der Waals surface area contributed by atoms with Gasteiger partial charge in [0.25, 0.3) is 7.82 Å². The first-order chi connectivity index (χ1) is 18.6. The number of carbonyl (C=O) groups is 1. The van der Waals surface area contributed by atoms with Gasteiger partial charge in [-0.2, -0.15) is 0 Å². The number of ether oxygens (including phenoxy) is 2. The number of esters is 1. The average molecular weight is 574 g/mol. The second-order valence-electron chi connectivity index (χ2n) is 10.7. The molecular formula is C30H56NO7P. The van der Waals surface area contributed by atoms with E-state index in [0.29, 0.717) is 24.1 Å². The van der Waals surface area contributed by atoms with Crippen molar-refractivity contribution in [2.24, 2.45) is 0 Å². The Morgan fingerprint density at radius 2 is 1.49 bits per heavy atom. The van der Waals surface area contributed by atoms with Crippen LogP contribution < -0.4 is 4.89 Å². The Kier molecular flexibility index (Phi) is 23.7. The average Bonchev–Trinajstić information content (AvgIpc) is 2.86. The van der Waals surface area contributed by atoms with Gasteiger partial charge in [-0.1, -0.05) is 76.0 Å². The van der Waals surface area contributed by atoms with E-state index in [2.05, 4.69) is 50.3 Å². The van der Waals surface area contributed by atoms with Crippen LogP contribution in [0.4, 0.5) is 0 Å². The number of hydrogen-bond acceptors (Lipinski definition) is 7. The maximum atomic E-state index is 12.2. The molecule has 2 atom stereocenters. The first kappa shape index (κ1) is 37.7. The summed E-state index contributed by atoms with van der Waals surface area (Å²) < 4.78 is 33.8. The number of nitrogens with zero attached hydrogens (tertiary/aromatic N) is 1. The van der Waals surface area contributed by atoms with Gasteiger partial charge < -0.3 is 27.9 Å². The molecule has 0 aliphatic heterocycles. The molecule has 0 aromatic rings. The molecule has 0 spiro atoms. The molecule has 39 heavy (non-hydrogen) atoms. The van der Waals surface area contributed by atoms with Crippen LogP contribution in [0.1, 0.15) is 90.9 Å². The number of hydrogen-bond donors (Lipinski definition) is 0. The lowest BCUT2D eigenvalue weighted by atomic mass is 10.1. The van der Waals surface area contributed by atoms with Crippen LogP contribution in [-0.4, -0.2) is 70.7 Å². The summed E-state index contributed by atoms with van der Waals surface area (Å²) in [5.74, 6) is -0.371. The number of phosphoric ester groups is 1. The lowest BCUT2D eigenvalue weighted by molar-refractivity contribution is -0.870. The number of unbranched alkanes of at least 4 members (excludes halogenated alkanes) is 6. The zero-order valence-electron chi connectivity index (χ0n) is 25.3. The Morgan fingerprint density at radius 1 is 0.821 bits per heavy atom. The maximum absolute atomic E-state index is 12.2. The Hall–Kier alpha value is -1.28. The first-order valence-corrected chi connectivity index (χ1v) is 16.2. The van der Waals surface area contributed by atoms with Crippen LogP contribution in [0.3, 0.4) is 0 Å². The number of phosphoric acid groups is 1. The number of carbonyl (C=O) groups excluding carboxylic acids is 1. The fraction of sp³-hybridized carbons (Fsp3) is 0.767. The van der Waals surface area contributed by atoms with E-state index in [1.165, 1.54) is 0 Å². The molecule has 8 nitrogen and oxygen atoms in total. The highest BCUT2D eigenvalue weighted by Gasteiger charge is 2.20. The zero-order valence-corrected chi connectivity index (χ0v) is 26.2. The molecule has 0 N–H and O–H groups in total. The second-order valence-corrected chi connectivity index (χ2v) is 12.1. The summed E-state index contributed by atoms with van der Waals surface area (Å²) >= 11 is 0. The molecule has 9 heteroatoms. The summed E-state index contributed by atoms with van der Waals surface area (Å²) in [5, 5.41) is 0. The van der Waals surface area contributed by atoms with E-state index < -0.39 is 13.9 Å². The molecule has 0 saturated carbocycles. The number of likely N-dealkylation sites (N-methyl/N-ethyl adjacent to an activating group) is 1. The highest BCUT2D eigenvalue weighted by Crippen LogP contribution is 2.38. The molecule has 0 radical (unpaired) electrons. The van der Waals surface area contributed by atoms with Crippen molar-refractivity contribution in [2.45, 2.75) is 97.0 Å². The van der Waals surface area contributed by atoms with Crippen LogP contribution in [0.15, 0.2) is 36.5 Å². The van der Waals surface area contributed by atoms with Gasteiger partial charge in [-0.25, -0.2) is 0 Å². The molecule has 0 aromatic carbocycles. The van der Waals surface area contributed by atoms with Crippen molar-refractivity contribution < 1.29 is 37.3 Å². The smallest absolute Gasteiger partial charge is 0.306 e. The van der Waals surface area contributed by atoms with E-state index >= 15 is 0 Å². The first-order valence-electron chi connectivity index (χ1n) is 14.7. The van der Waals surface area contributed by atoms with Crippen LogP contribution >= 0.6 is 7.82 Å². The highest BCUT2D eigenvalue weighted by molar-refractivity contribution is 7.45. The fourth-order valence-electron chi connectivity index (χ4n) is 3.38. The van der Waals surface area contributed by atoms with Crippen molar-refractivity contribution in [3.63, 3.8) is 0 Å². The number of rotatable bonds is 26. The molecule has 0 aromatic heterocycles. The summed E-state index contributed by atoms with van der Waals surface area (Å²) in [6.07, 6.45) is 23.7. The number of allylic oxidation sites excluding steroid dienone is 6. The predicted molar refractivity (Wildman–Crippen MR) is 157 cm³/mol. The number of quaternary nitrogens is 1. The van der Waals surface area contributed by atoms with Gasteiger partial charge in [-0.15, -0.1) is 0 Å². The second kappa shape index (κ2) is 24.5. The zero-order chi connectivity index (χ0) is 29.2. The quantitative estimate of drug-likeness (QED) is 0.0383. The van der Waals surface area contributed by atoms with Gasteiger partial charge in [0.1, 0.15) is 19.3 Å². The summed E-state index contributed by atoms with van der Waals surface area (Å²) in [6.45, 7) is 5.02. The molecule has 0 saturated heterocycles. The van der Waals surface area contributed by atoms with Crippen molar-refractivity contribution in [2.75, 3.05) is 54.1 Å². The van der Waals surface area contributed by atoms with Crippen LogP contribution in [0.5, 0.6) is 0 Å². The topological polar surface area (TPSA) is 94.1 Å². The largest absolute Gasteiger partial charge is 0.756 e. The summed E-state index contributed by atoms with van der Waals surface area (Å²) in [6, 6.07) is 0. The Bertz CT molecular complexity index is 731. The van der Waals surface area contributed by atoms with Crippen LogP contribution in [-0.2, 0) is 27.9 Å². The van der Waals surface area contributed by atoms with E-state index in [-0.39, 0.29) is 25.8 Å². The molecule has 0 aliphatic rings. The molecule has 0 aliphatic carbocycles. The van der Waals surface area contributed by atoms with Gasteiger partial charge in [0, 0.05) is 13.0 Å². The highest BCUT2D eigenvalue weighted by atomic mass is 31.2. The minimum Gasteiger partial charge on any atom is -0.756 e. The Morgan fingerprint density at radius 3 is 2.15 bits per heavy atom. The summed E-state index contributed by atoms with van der Waals surface area (Å²) in [7, 11) is 1.33. The molecule has 228 valence electrons. The maximum Gasteiger partial charge on any atom is 0.306 e. The van der Waals surface area contributed by atoms with Crippen molar-refractivity contribution >= 4 is 13.8 Å². The van der Waals surface area contributed by atoms with Crippen LogP contribution in [0.25, 0.3) is 0 Å². The lowest BCUT2D eigenvalue weighted by Gasteiger charge is -2.28. The van der Waals surface area contributed by atoms with Gasteiger partial charge in [0.2, 0.25) is 0 Å². The van der Waals surface area contributed by atoms with Crippen molar-refractivity contribution in [3.05, 3.63) is 36.5 Å². The van der Waals surface area contributed by atoms with E-state index in [9.17, 15) is 14.3 Å². The minimum absolute atomic E-state index is 0.0199. The Balaban J connectivity index is 4.24. The van der Waals surface area contributed by atoms with E-state index in [1.807, 2.05) is 21.1 Å². The van der Waals surface area contributed by atoms with Gasteiger partial charge >= 0.3 is 5.97 Å². The molecule has 0 fully saturated rings. The summed E-state index contributed by atoms with van der Waals surface area (Å²) in [4.78, 5) is 24.3. The van der Waals surface area contributed by atoms with Crippen LogP contribution in [0.2, 0.25) is 0 Å². The van der Waals surface area contributed by atoms with Crippen molar-refractivity contribution in [1.82, 2.24) is 0 Å². The van der Waals surface area contributed by atoms with E-state index in [1.54, 1.807) is 0 Å². The third-order valence-electron chi connectivity index (χ3n) is 5.71. The third kappa shape index (κ3) is 28.1.